The van der Waals surface area contributed by atoms with Gasteiger partial charge in [-0.1, -0.05) is 0 Å². The molecule has 1 saturated heterocycles. The Bertz CT molecular complexity index is 695. The van der Waals surface area contributed by atoms with Gasteiger partial charge in [0.1, 0.15) is 11.4 Å². The van der Waals surface area contributed by atoms with Crippen molar-refractivity contribution in [3.8, 4) is 5.75 Å². The highest BCUT2D eigenvalue weighted by Gasteiger charge is 2.27. The van der Waals surface area contributed by atoms with E-state index in [0.717, 1.165) is 12.8 Å². The molecule has 0 unspecified atom stereocenters. The quantitative estimate of drug-likeness (QED) is 0.697. The van der Waals surface area contributed by atoms with Gasteiger partial charge >= 0.3 is 6.09 Å². The molecule has 2 amide bonds. The van der Waals surface area contributed by atoms with Gasteiger partial charge in [-0.15, -0.1) is 0 Å². The fourth-order valence-electron chi connectivity index (χ4n) is 2.89. The number of hydrogen-bond acceptors (Lipinski definition) is 5. The van der Waals surface area contributed by atoms with Crippen LogP contribution in [0.15, 0.2) is 16.6 Å². The summed E-state index contributed by atoms with van der Waals surface area (Å²) in [6.07, 6.45) is 1.37. The normalized spacial score (nSPS) is 15.4. The molecule has 0 aromatic heterocycles. The molecule has 0 atom stereocenters. The molecule has 0 radical (unpaired) electrons. The number of carbonyl (C=O) groups is 2. The van der Waals surface area contributed by atoms with Crippen molar-refractivity contribution in [2.45, 2.75) is 39.2 Å². The monoisotopic (exact) mass is 441 g/mol. The zero-order valence-electron chi connectivity index (χ0n) is 16.3. The number of benzene rings is 1. The van der Waals surface area contributed by atoms with E-state index in [0.29, 0.717) is 47.0 Å². The summed E-state index contributed by atoms with van der Waals surface area (Å²) < 4.78 is 11.3. The molecule has 1 aliphatic heterocycles. The first-order chi connectivity index (χ1) is 12.6. The summed E-state index contributed by atoms with van der Waals surface area (Å²) in [6.45, 7) is 7.38. The first kappa shape index (κ1) is 21.3. The molecule has 3 N–H and O–H groups in total. The number of likely N-dealkylation sites (tertiary alicyclic amines) is 1. The number of methoxy groups -OCH3 is 1. The number of hydrogen-bond donors (Lipinski definition) is 2. The van der Waals surface area contributed by atoms with Gasteiger partial charge in [0.05, 0.1) is 12.7 Å². The van der Waals surface area contributed by atoms with Gasteiger partial charge in [0.25, 0.3) is 5.91 Å². The molecule has 0 aliphatic carbocycles. The van der Waals surface area contributed by atoms with Gasteiger partial charge in [0.2, 0.25) is 0 Å². The molecular formula is C19H28BrN3O4. The highest BCUT2D eigenvalue weighted by molar-refractivity contribution is 9.10. The molecular weight excluding hydrogens is 414 g/mol. The summed E-state index contributed by atoms with van der Waals surface area (Å²) in [4.78, 5) is 26.4. The molecule has 0 bridgehead atoms. The Kier molecular flexibility index (Phi) is 6.97. The van der Waals surface area contributed by atoms with Crippen molar-refractivity contribution in [3.63, 3.8) is 0 Å². The fraction of sp³-hybridized carbons (Fsp3) is 0.579. The van der Waals surface area contributed by atoms with Gasteiger partial charge in [-0.05, 0) is 61.5 Å². The zero-order valence-corrected chi connectivity index (χ0v) is 17.9. The SMILES string of the molecule is COc1cc(N)c(Br)cc1C(=O)NCC1CCN(C(=O)OC(C)(C)C)CC1. The summed E-state index contributed by atoms with van der Waals surface area (Å²) in [5, 5.41) is 2.96. The van der Waals surface area contributed by atoms with E-state index in [1.807, 2.05) is 20.8 Å². The summed E-state index contributed by atoms with van der Waals surface area (Å²) in [6, 6.07) is 3.28. The number of nitrogens with two attached hydrogens (primary N) is 1. The average molecular weight is 442 g/mol. The van der Waals surface area contributed by atoms with E-state index in [2.05, 4.69) is 21.2 Å². The number of anilines is 1. The van der Waals surface area contributed by atoms with Crippen LogP contribution in [-0.2, 0) is 4.74 Å². The lowest BCUT2D eigenvalue weighted by atomic mass is 9.97. The number of amides is 2. The zero-order chi connectivity index (χ0) is 20.2. The predicted octanol–water partition coefficient (Wildman–Crippen LogP) is 3.42. The Morgan fingerprint density at radius 3 is 2.48 bits per heavy atom. The molecule has 2 rings (SSSR count). The van der Waals surface area contributed by atoms with Gasteiger partial charge in [0, 0.05) is 35.9 Å². The smallest absolute Gasteiger partial charge is 0.410 e. The minimum absolute atomic E-state index is 0.206. The Labute approximate surface area is 168 Å². The second-order valence-electron chi connectivity index (χ2n) is 7.69. The van der Waals surface area contributed by atoms with Gasteiger partial charge in [-0.2, -0.15) is 0 Å². The fourth-order valence-corrected chi connectivity index (χ4v) is 3.24. The summed E-state index contributed by atoms with van der Waals surface area (Å²) in [7, 11) is 1.51. The third kappa shape index (κ3) is 6.02. The second kappa shape index (κ2) is 8.82. The Hall–Kier alpha value is -1.96. The lowest BCUT2D eigenvalue weighted by Crippen LogP contribution is -2.43. The second-order valence-corrected chi connectivity index (χ2v) is 8.55. The molecule has 8 heteroatoms. The number of rotatable bonds is 4. The van der Waals surface area contributed by atoms with Crippen LogP contribution in [0.1, 0.15) is 44.0 Å². The van der Waals surface area contributed by atoms with E-state index in [4.69, 9.17) is 15.2 Å². The number of nitrogens with zero attached hydrogens (tertiary/aromatic N) is 1. The predicted molar refractivity (Wildman–Crippen MR) is 108 cm³/mol. The Balaban J connectivity index is 1.86. The van der Waals surface area contributed by atoms with Crippen molar-refractivity contribution in [2.75, 3.05) is 32.5 Å². The van der Waals surface area contributed by atoms with E-state index in [1.54, 1.807) is 17.0 Å². The largest absolute Gasteiger partial charge is 0.496 e. The lowest BCUT2D eigenvalue weighted by Gasteiger charge is -2.33. The van der Waals surface area contributed by atoms with Gasteiger partial charge in [0.15, 0.2) is 0 Å². The topological polar surface area (TPSA) is 93.9 Å². The number of carbonyl (C=O) groups excluding carboxylic acids is 2. The average Bonchev–Trinajstić information content (AvgIpc) is 2.60. The highest BCUT2D eigenvalue weighted by Crippen LogP contribution is 2.29. The van der Waals surface area contributed by atoms with Crippen LogP contribution in [-0.4, -0.2) is 49.2 Å². The van der Waals surface area contributed by atoms with Crippen LogP contribution >= 0.6 is 15.9 Å². The Morgan fingerprint density at radius 2 is 1.93 bits per heavy atom. The van der Waals surface area contributed by atoms with Gasteiger partial charge in [-0.3, -0.25) is 4.79 Å². The molecule has 1 fully saturated rings. The number of piperidine rings is 1. The van der Waals surface area contributed by atoms with Crippen LogP contribution in [0.4, 0.5) is 10.5 Å². The van der Waals surface area contributed by atoms with Crippen LogP contribution in [0.2, 0.25) is 0 Å². The van der Waals surface area contributed by atoms with E-state index in [-0.39, 0.29) is 12.0 Å². The van der Waals surface area contributed by atoms with Crippen molar-refractivity contribution in [2.24, 2.45) is 5.92 Å². The minimum Gasteiger partial charge on any atom is -0.496 e. The van der Waals surface area contributed by atoms with Crippen molar-refractivity contribution in [3.05, 3.63) is 22.2 Å². The maximum absolute atomic E-state index is 12.5. The molecule has 1 heterocycles. The Morgan fingerprint density at radius 1 is 1.30 bits per heavy atom. The maximum atomic E-state index is 12.5. The molecule has 1 aliphatic rings. The van der Waals surface area contributed by atoms with Crippen molar-refractivity contribution in [1.82, 2.24) is 10.2 Å². The van der Waals surface area contributed by atoms with E-state index < -0.39 is 5.60 Å². The van der Waals surface area contributed by atoms with Gasteiger partial charge in [-0.25, -0.2) is 4.79 Å². The van der Waals surface area contributed by atoms with E-state index in [1.165, 1.54) is 7.11 Å². The van der Waals surface area contributed by atoms with E-state index >= 15 is 0 Å². The van der Waals surface area contributed by atoms with Crippen molar-refractivity contribution in [1.29, 1.82) is 0 Å². The third-order valence-electron chi connectivity index (χ3n) is 4.38. The van der Waals surface area contributed by atoms with Crippen molar-refractivity contribution < 1.29 is 19.1 Å². The molecule has 1 aromatic rings. The standard InChI is InChI=1S/C19H28BrN3O4/c1-19(2,3)27-18(25)23-7-5-12(6-8-23)11-22-17(24)13-9-14(20)15(21)10-16(13)26-4/h9-10,12H,5-8,11,21H2,1-4H3,(H,22,24). The molecule has 27 heavy (non-hydrogen) atoms. The maximum Gasteiger partial charge on any atom is 0.410 e. The summed E-state index contributed by atoms with van der Waals surface area (Å²) >= 11 is 3.34. The van der Waals surface area contributed by atoms with Gasteiger partial charge < -0.3 is 25.4 Å². The molecule has 1 aromatic carbocycles. The minimum atomic E-state index is -0.492. The van der Waals surface area contributed by atoms with Crippen LogP contribution < -0.4 is 15.8 Å². The van der Waals surface area contributed by atoms with Crippen LogP contribution in [0.3, 0.4) is 0 Å². The number of nitrogens with one attached hydrogen (secondary N) is 1. The van der Waals surface area contributed by atoms with E-state index in [9.17, 15) is 9.59 Å². The molecule has 7 nitrogen and oxygen atoms in total. The third-order valence-corrected chi connectivity index (χ3v) is 5.07. The molecule has 150 valence electrons. The number of halogens is 1. The van der Waals surface area contributed by atoms with Crippen molar-refractivity contribution >= 4 is 33.6 Å². The summed E-state index contributed by atoms with van der Waals surface area (Å²) in [5.41, 5.74) is 6.29. The first-order valence-electron chi connectivity index (χ1n) is 9.00. The highest BCUT2D eigenvalue weighted by atomic mass is 79.9. The number of ether oxygens (including phenoxy) is 2. The van der Waals surface area contributed by atoms with Crippen LogP contribution in [0.25, 0.3) is 0 Å². The number of nitrogen functional groups attached to an aromatic ring is 1. The summed E-state index contributed by atoms with van der Waals surface area (Å²) in [5.74, 6) is 0.547. The van der Waals surface area contributed by atoms with Crippen LogP contribution in [0, 0.1) is 5.92 Å². The lowest BCUT2D eigenvalue weighted by molar-refractivity contribution is 0.0183. The molecule has 0 spiro atoms. The molecule has 0 saturated carbocycles. The van der Waals surface area contributed by atoms with Crippen LogP contribution in [0.5, 0.6) is 5.75 Å². The first-order valence-corrected chi connectivity index (χ1v) is 9.79.